The SMILES string of the molecule is Cc1csc(Nc2cccc(NS(=O)(=O)c3cc(C(N)=O)n(C)c3)c2)n1. The van der Waals surface area contributed by atoms with Crippen molar-refractivity contribution >= 4 is 43.8 Å². The van der Waals surface area contributed by atoms with E-state index in [9.17, 15) is 13.2 Å². The van der Waals surface area contributed by atoms with Crippen molar-refractivity contribution in [2.45, 2.75) is 11.8 Å². The Morgan fingerprint density at radius 3 is 2.62 bits per heavy atom. The second kappa shape index (κ2) is 6.81. The Kier molecular flexibility index (Phi) is 4.70. The van der Waals surface area contributed by atoms with Crippen LogP contribution in [0.4, 0.5) is 16.5 Å². The topological polar surface area (TPSA) is 119 Å². The molecule has 0 saturated heterocycles. The van der Waals surface area contributed by atoms with E-state index < -0.39 is 15.9 Å². The number of carbonyl (C=O) groups is 1. The Morgan fingerprint density at radius 1 is 1.27 bits per heavy atom. The van der Waals surface area contributed by atoms with Gasteiger partial charge in [-0.3, -0.25) is 9.52 Å². The van der Waals surface area contributed by atoms with Gasteiger partial charge in [0.25, 0.3) is 15.9 Å². The molecule has 3 rings (SSSR count). The van der Waals surface area contributed by atoms with E-state index in [-0.39, 0.29) is 10.6 Å². The average molecular weight is 391 g/mol. The van der Waals surface area contributed by atoms with E-state index >= 15 is 0 Å². The molecule has 0 aliphatic carbocycles. The Morgan fingerprint density at radius 2 is 2.00 bits per heavy atom. The van der Waals surface area contributed by atoms with Gasteiger partial charge in [-0.25, -0.2) is 13.4 Å². The molecule has 0 radical (unpaired) electrons. The number of aryl methyl sites for hydroxylation is 2. The first kappa shape index (κ1) is 18.0. The summed E-state index contributed by atoms with van der Waals surface area (Å²) in [6, 6.07) is 8.06. The lowest BCUT2D eigenvalue weighted by molar-refractivity contribution is 0.0992. The van der Waals surface area contributed by atoms with Crippen molar-refractivity contribution in [1.82, 2.24) is 9.55 Å². The highest BCUT2D eigenvalue weighted by atomic mass is 32.2. The Bertz CT molecular complexity index is 1070. The monoisotopic (exact) mass is 391 g/mol. The third kappa shape index (κ3) is 3.86. The van der Waals surface area contributed by atoms with Crippen LogP contribution in [0.1, 0.15) is 16.2 Å². The van der Waals surface area contributed by atoms with Gasteiger partial charge < -0.3 is 15.6 Å². The number of amides is 1. The Balaban J connectivity index is 1.82. The van der Waals surface area contributed by atoms with Crippen LogP contribution in [-0.4, -0.2) is 23.9 Å². The number of nitrogens with zero attached hydrogens (tertiary/aromatic N) is 2. The van der Waals surface area contributed by atoms with Gasteiger partial charge in [-0.1, -0.05) is 6.07 Å². The lowest BCUT2D eigenvalue weighted by Gasteiger charge is -2.09. The summed E-state index contributed by atoms with van der Waals surface area (Å²) in [5, 5.41) is 5.76. The minimum Gasteiger partial charge on any atom is -0.364 e. The molecule has 10 heteroatoms. The summed E-state index contributed by atoms with van der Waals surface area (Å²) in [6.45, 7) is 1.90. The molecule has 1 aromatic carbocycles. The molecule has 8 nitrogen and oxygen atoms in total. The number of thiazole rings is 1. The molecule has 0 spiro atoms. The summed E-state index contributed by atoms with van der Waals surface area (Å²) in [5.41, 5.74) is 7.33. The maximum Gasteiger partial charge on any atom is 0.265 e. The summed E-state index contributed by atoms with van der Waals surface area (Å²) in [7, 11) is -2.30. The van der Waals surface area contributed by atoms with Crippen LogP contribution in [0, 0.1) is 6.92 Å². The van der Waals surface area contributed by atoms with E-state index in [1.165, 1.54) is 28.2 Å². The fourth-order valence-corrected chi connectivity index (χ4v) is 4.16. The predicted molar refractivity (Wildman–Crippen MR) is 101 cm³/mol. The lowest BCUT2D eigenvalue weighted by Crippen LogP contribution is -2.14. The van der Waals surface area contributed by atoms with Crippen LogP contribution in [-0.2, 0) is 17.1 Å². The molecule has 0 saturated carbocycles. The molecule has 0 aliphatic heterocycles. The fourth-order valence-electron chi connectivity index (χ4n) is 2.34. The molecule has 2 aromatic heterocycles. The van der Waals surface area contributed by atoms with E-state index in [0.29, 0.717) is 11.4 Å². The van der Waals surface area contributed by atoms with Crippen LogP contribution in [0.5, 0.6) is 0 Å². The normalized spacial score (nSPS) is 11.3. The van der Waals surface area contributed by atoms with Gasteiger partial charge in [0.2, 0.25) is 0 Å². The molecule has 0 bridgehead atoms. The molecule has 0 fully saturated rings. The van der Waals surface area contributed by atoms with Crippen molar-refractivity contribution in [1.29, 1.82) is 0 Å². The number of rotatable bonds is 6. The van der Waals surface area contributed by atoms with Crippen molar-refractivity contribution in [3.63, 3.8) is 0 Å². The fraction of sp³-hybridized carbons (Fsp3) is 0.125. The van der Waals surface area contributed by atoms with Gasteiger partial charge in [-0.2, -0.15) is 0 Å². The minimum atomic E-state index is -3.85. The van der Waals surface area contributed by atoms with Gasteiger partial charge in [0.15, 0.2) is 5.13 Å². The zero-order valence-electron chi connectivity index (χ0n) is 14.1. The smallest absolute Gasteiger partial charge is 0.265 e. The second-order valence-corrected chi connectivity index (χ2v) is 8.18. The highest BCUT2D eigenvalue weighted by molar-refractivity contribution is 7.92. The third-order valence-electron chi connectivity index (χ3n) is 3.53. The maximum atomic E-state index is 12.6. The van der Waals surface area contributed by atoms with Crippen LogP contribution < -0.4 is 15.8 Å². The average Bonchev–Trinajstić information content (AvgIpc) is 3.13. The summed E-state index contributed by atoms with van der Waals surface area (Å²) in [6.07, 6.45) is 1.34. The standard InChI is InChI=1S/C16H17N5O3S2/c1-10-9-25-16(18-10)19-11-4-3-5-12(6-11)20-26(23,24)13-7-14(15(17)22)21(2)8-13/h3-9,20H,1-2H3,(H2,17,22)(H,18,19). The van der Waals surface area contributed by atoms with Crippen LogP contribution in [0.3, 0.4) is 0 Å². The Hall–Kier alpha value is -2.85. The van der Waals surface area contributed by atoms with Crippen molar-refractivity contribution < 1.29 is 13.2 Å². The number of anilines is 3. The summed E-state index contributed by atoms with van der Waals surface area (Å²) < 4.78 is 29.0. The summed E-state index contributed by atoms with van der Waals surface area (Å²) >= 11 is 1.46. The van der Waals surface area contributed by atoms with Crippen LogP contribution in [0.2, 0.25) is 0 Å². The van der Waals surface area contributed by atoms with Crippen molar-refractivity contribution in [3.8, 4) is 0 Å². The zero-order valence-corrected chi connectivity index (χ0v) is 15.7. The summed E-state index contributed by atoms with van der Waals surface area (Å²) in [5.74, 6) is -0.695. The lowest BCUT2D eigenvalue weighted by atomic mass is 10.3. The second-order valence-electron chi connectivity index (χ2n) is 5.64. The van der Waals surface area contributed by atoms with E-state index in [1.54, 1.807) is 25.2 Å². The number of aromatic nitrogens is 2. The molecular formula is C16H17N5O3S2. The quantitative estimate of drug-likeness (QED) is 0.596. The summed E-state index contributed by atoms with van der Waals surface area (Å²) in [4.78, 5) is 15.6. The number of hydrogen-bond donors (Lipinski definition) is 3. The molecule has 0 aliphatic rings. The van der Waals surface area contributed by atoms with Crippen LogP contribution in [0.15, 0.2) is 46.8 Å². The number of benzene rings is 1. The minimum absolute atomic E-state index is 0.0392. The van der Waals surface area contributed by atoms with Gasteiger partial charge in [0.1, 0.15) is 10.6 Å². The number of nitrogens with two attached hydrogens (primary N) is 1. The van der Waals surface area contributed by atoms with Crippen LogP contribution in [0.25, 0.3) is 0 Å². The van der Waals surface area contributed by atoms with Gasteiger partial charge in [-0.15, -0.1) is 11.3 Å². The van der Waals surface area contributed by atoms with E-state index in [0.717, 1.165) is 10.8 Å². The first-order valence-electron chi connectivity index (χ1n) is 7.53. The number of nitrogens with one attached hydrogen (secondary N) is 2. The van der Waals surface area contributed by atoms with Gasteiger partial charge in [-0.05, 0) is 31.2 Å². The number of hydrogen-bond acceptors (Lipinski definition) is 6. The number of carbonyl (C=O) groups excluding carboxylic acids is 1. The first-order chi connectivity index (χ1) is 12.2. The molecule has 0 unspecified atom stereocenters. The number of primary amides is 1. The highest BCUT2D eigenvalue weighted by Gasteiger charge is 2.19. The maximum absolute atomic E-state index is 12.6. The Labute approximate surface area is 154 Å². The molecule has 136 valence electrons. The number of sulfonamides is 1. The van der Waals surface area contributed by atoms with Gasteiger partial charge >= 0.3 is 0 Å². The molecule has 4 N–H and O–H groups in total. The van der Waals surface area contributed by atoms with Crippen molar-refractivity contribution in [2.75, 3.05) is 10.0 Å². The molecule has 2 heterocycles. The van der Waals surface area contributed by atoms with E-state index in [1.807, 2.05) is 18.4 Å². The first-order valence-corrected chi connectivity index (χ1v) is 9.89. The van der Waals surface area contributed by atoms with Gasteiger partial charge in [0, 0.05) is 24.3 Å². The molecule has 26 heavy (non-hydrogen) atoms. The molecule has 1 amide bonds. The van der Waals surface area contributed by atoms with Crippen molar-refractivity contribution in [2.24, 2.45) is 12.8 Å². The zero-order chi connectivity index (χ0) is 18.9. The van der Waals surface area contributed by atoms with Crippen molar-refractivity contribution in [3.05, 3.63) is 53.3 Å². The molecular weight excluding hydrogens is 374 g/mol. The van der Waals surface area contributed by atoms with E-state index in [2.05, 4.69) is 15.0 Å². The largest absolute Gasteiger partial charge is 0.364 e. The predicted octanol–water partition coefficient (Wildman–Crippen LogP) is 2.43. The molecule has 3 aromatic rings. The van der Waals surface area contributed by atoms with Crippen LogP contribution >= 0.6 is 11.3 Å². The van der Waals surface area contributed by atoms with E-state index in [4.69, 9.17) is 5.73 Å². The highest BCUT2D eigenvalue weighted by Crippen LogP contribution is 2.24. The van der Waals surface area contributed by atoms with Gasteiger partial charge in [0.05, 0.1) is 11.4 Å². The third-order valence-corrected chi connectivity index (χ3v) is 5.75. The molecule has 0 atom stereocenters.